The number of benzene rings is 2. The molecule has 9 heteroatoms. The average Bonchev–Trinajstić information content (AvgIpc) is 3.59. The van der Waals surface area contributed by atoms with Gasteiger partial charge in [-0.15, -0.1) is 0 Å². The van der Waals surface area contributed by atoms with Crippen molar-refractivity contribution in [3.63, 3.8) is 0 Å². The van der Waals surface area contributed by atoms with Crippen LogP contribution in [0.25, 0.3) is 5.69 Å². The van der Waals surface area contributed by atoms with Crippen molar-refractivity contribution in [2.24, 2.45) is 4.99 Å². The first-order valence-electron chi connectivity index (χ1n) is 11.1. The molecule has 2 aromatic carbocycles. The van der Waals surface area contributed by atoms with E-state index in [0.717, 1.165) is 44.9 Å². The van der Waals surface area contributed by atoms with Crippen LogP contribution >= 0.6 is 11.8 Å². The first-order chi connectivity index (χ1) is 16.6. The SMILES string of the molecule is C[C@@H]1CN2C(=N1)N(C)C(=O)c1c2cn(Cc2ccc(-n3cncn3)cc2)c1Sc1ccccc1. The molecule has 4 heterocycles. The standard InChI is InChI=1S/C25H23N7OS/c1-17-12-31-21-14-30(13-18-8-10-19(11-9-18)32-16-26-15-27-32)24(34-20-6-4-3-5-7-20)22(21)23(33)29(2)25(31)28-17/h3-11,14-17H,12-13H2,1-2H3/t17-/m1/s1. The van der Waals surface area contributed by atoms with Crippen LogP contribution < -0.4 is 4.90 Å². The van der Waals surface area contributed by atoms with Gasteiger partial charge in [-0.05, 0) is 36.8 Å². The van der Waals surface area contributed by atoms with Crippen LogP contribution in [-0.4, -0.2) is 55.7 Å². The fraction of sp³-hybridized carbons (Fsp3) is 0.200. The highest BCUT2D eigenvalue weighted by molar-refractivity contribution is 7.99. The maximum absolute atomic E-state index is 13.5. The molecular formula is C25H23N7OS. The summed E-state index contributed by atoms with van der Waals surface area (Å²) in [5.74, 6) is 0.716. The number of aliphatic imine (C=N–C) groups is 1. The Kier molecular flexibility index (Phi) is 4.99. The number of carbonyl (C=O) groups excluding carboxylic acids is 1. The maximum atomic E-state index is 13.5. The van der Waals surface area contributed by atoms with Gasteiger partial charge < -0.3 is 9.47 Å². The third kappa shape index (κ3) is 3.49. The van der Waals surface area contributed by atoms with Crippen LogP contribution in [0.3, 0.4) is 0 Å². The van der Waals surface area contributed by atoms with Gasteiger partial charge in [0.2, 0.25) is 5.96 Å². The lowest BCUT2D eigenvalue weighted by Crippen LogP contribution is -2.47. The molecule has 0 aliphatic carbocycles. The Labute approximate surface area is 201 Å². The Hall–Kier alpha value is -3.85. The molecule has 2 aliphatic heterocycles. The lowest BCUT2D eigenvalue weighted by molar-refractivity contribution is 0.0862. The molecule has 0 saturated heterocycles. The Bertz CT molecular complexity index is 1380. The predicted octanol–water partition coefficient (Wildman–Crippen LogP) is 3.92. The van der Waals surface area contributed by atoms with E-state index in [1.165, 1.54) is 6.33 Å². The third-order valence-corrected chi connectivity index (χ3v) is 7.21. The molecular weight excluding hydrogens is 446 g/mol. The molecule has 0 fully saturated rings. The zero-order valence-electron chi connectivity index (χ0n) is 18.9. The Morgan fingerprint density at radius 2 is 1.88 bits per heavy atom. The van der Waals surface area contributed by atoms with E-state index >= 15 is 0 Å². The molecule has 8 nitrogen and oxygen atoms in total. The van der Waals surface area contributed by atoms with E-state index in [9.17, 15) is 4.79 Å². The second-order valence-corrected chi connectivity index (χ2v) is 9.56. The zero-order chi connectivity index (χ0) is 23.2. The number of guanidine groups is 1. The normalized spacial score (nSPS) is 17.1. The smallest absolute Gasteiger partial charge is 0.265 e. The van der Waals surface area contributed by atoms with Crippen molar-refractivity contribution in [2.75, 3.05) is 18.5 Å². The van der Waals surface area contributed by atoms with Gasteiger partial charge in [-0.25, -0.2) is 14.7 Å². The molecule has 4 aromatic rings. The van der Waals surface area contributed by atoms with E-state index in [-0.39, 0.29) is 11.9 Å². The van der Waals surface area contributed by atoms with Crippen molar-refractivity contribution in [3.8, 4) is 5.69 Å². The molecule has 2 aromatic heterocycles. The summed E-state index contributed by atoms with van der Waals surface area (Å²) < 4.78 is 3.92. The number of rotatable bonds is 5. The quantitative estimate of drug-likeness (QED) is 0.443. The fourth-order valence-corrected chi connectivity index (χ4v) is 5.48. The molecule has 2 aliphatic rings. The summed E-state index contributed by atoms with van der Waals surface area (Å²) in [5.41, 5.74) is 3.76. The summed E-state index contributed by atoms with van der Waals surface area (Å²) in [6.07, 6.45) is 5.31. The van der Waals surface area contributed by atoms with E-state index in [4.69, 9.17) is 4.99 Å². The Morgan fingerprint density at radius 1 is 1.09 bits per heavy atom. The first-order valence-corrected chi connectivity index (χ1v) is 11.9. The molecule has 1 atom stereocenters. The number of nitrogens with zero attached hydrogens (tertiary/aromatic N) is 7. The Balaban J connectivity index is 1.41. The van der Waals surface area contributed by atoms with Crippen LogP contribution in [0.1, 0.15) is 22.8 Å². The van der Waals surface area contributed by atoms with Gasteiger partial charge in [0.05, 0.1) is 28.0 Å². The molecule has 1 amide bonds. The molecule has 0 radical (unpaired) electrons. The second kappa shape index (κ2) is 8.18. The lowest BCUT2D eigenvalue weighted by Gasteiger charge is -2.31. The molecule has 0 bridgehead atoms. The second-order valence-electron chi connectivity index (χ2n) is 8.50. The third-order valence-electron chi connectivity index (χ3n) is 6.07. The number of hydrogen-bond acceptors (Lipinski definition) is 6. The largest absolute Gasteiger partial charge is 0.335 e. The van der Waals surface area contributed by atoms with E-state index in [1.807, 2.05) is 37.4 Å². The number of amides is 1. The molecule has 0 unspecified atom stereocenters. The fourth-order valence-electron chi connectivity index (χ4n) is 4.44. The summed E-state index contributed by atoms with van der Waals surface area (Å²) in [4.78, 5) is 27.2. The maximum Gasteiger partial charge on any atom is 0.265 e. The van der Waals surface area contributed by atoms with E-state index in [1.54, 1.807) is 27.7 Å². The predicted molar refractivity (Wildman–Crippen MR) is 132 cm³/mol. The molecule has 0 N–H and O–H groups in total. The zero-order valence-corrected chi connectivity index (χ0v) is 19.7. The topological polar surface area (TPSA) is 71.5 Å². The minimum Gasteiger partial charge on any atom is -0.335 e. The summed E-state index contributed by atoms with van der Waals surface area (Å²) in [7, 11) is 1.81. The van der Waals surface area contributed by atoms with Crippen molar-refractivity contribution in [3.05, 3.63) is 84.6 Å². The van der Waals surface area contributed by atoms with Gasteiger partial charge in [0.1, 0.15) is 12.7 Å². The molecule has 0 saturated carbocycles. The highest BCUT2D eigenvalue weighted by Crippen LogP contribution is 2.42. The molecule has 0 spiro atoms. The van der Waals surface area contributed by atoms with Gasteiger partial charge in [0.15, 0.2) is 0 Å². The Morgan fingerprint density at radius 3 is 2.62 bits per heavy atom. The number of anilines is 1. The number of aromatic nitrogens is 4. The first kappa shape index (κ1) is 20.7. The highest BCUT2D eigenvalue weighted by atomic mass is 32.2. The molecule has 170 valence electrons. The number of fused-ring (bicyclic) bond motifs is 3. The summed E-state index contributed by atoms with van der Waals surface area (Å²) >= 11 is 1.62. The highest BCUT2D eigenvalue weighted by Gasteiger charge is 2.40. The van der Waals surface area contributed by atoms with Crippen LogP contribution in [0.15, 0.2) is 88.4 Å². The van der Waals surface area contributed by atoms with Crippen molar-refractivity contribution in [1.29, 1.82) is 0 Å². The van der Waals surface area contributed by atoms with Gasteiger partial charge >= 0.3 is 0 Å². The van der Waals surface area contributed by atoms with E-state index in [0.29, 0.717) is 6.54 Å². The number of hydrogen-bond donors (Lipinski definition) is 0. The minimum absolute atomic E-state index is 0.0159. The van der Waals surface area contributed by atoms with Gasteiger partial charge in [0, 0.05) is 31.2 Å². The molecule has 34 heavy (non-hydrogen) atoms. The van der Waals surface area contributed by atoms with Gasteiger partial charge in [-0.1, -0.05) is 42.1 Å². The van der Waals surface area contributed by atoms with Crippen molar-refractivity contribution < 1.29 is 4.79 Å². The van der Waals surface area contributed by atoms with Crippen LogP contribution in [0, 0.1) is 0 Å². The lowest BCUT2D eigenvalue weighted by atomic mass is 10.2. The van der Waals surface area contributed by atoms with E-state index in [2.05, 4.69) is 56.9 Å². The molecule has 6 rings (SSSR count). The average molecular weight is 470 g/mol. The van der Waals surface area contributed by atoms with Crippen molar-refractivity contribution in [1.82, 2.24) is 24.2 Å². The van der Waals surface area contributed by atoms with E-state index < -0.39 is 0 Å². The van der Waals surface area contributed by atoms with Crippen LogP contribution in [-0.2, 0) is 6.54 Å². The van der Waals surface area contributed by atoms with Crippen LogP contribution in [0.2, 0.25) is 0 Å². The monoisotopic (exact) mass is 469 g/mol. The van der Waals surface area contributed by atoms with Crippen molar-refractivity contribution in [2.45, 2.75) is 29.4 Å². The van der Waals surface area contributed by atoms with Gasteiger partial charge in [-0.3, -0.25) is 9.69 Å². The minimum atomic E-state index is -0.0159. The van der Waals surface area contributed by atoms with Crippen molar-refractivity contribution >= 4 is 29.3 Å². The van der Waals surface area contributed by atoms with Gasteiger partial charge in [0.25, 0.3) is 5.91 Å². The van der Waals surface area contributed by atoms with Crippen LogP contribution in [0.5, 0.6) is 0 Å². The summed E-state index contributed by atoms with van der Waals surface area (Å²) in [6, 6.07) is 18.6. The number of carbonyl (C=O) groups is 1. The summed E-state index contributed by atoms with van der Waals surface area (Å²) in [6.45, 7) is 3.50. The van der Waals surface area contributed by atoms with Crippen LogP contribution in [0.4, 0.5) is 5.69 Å². The summed E-state index contributed by atoms with van der Waals surface area (Å²) in [5, 5.41) is 5.14. The van der Waals surface area contributed by atoms with Gasteiger partial charge in [-0.2, -0.15) is 5.10 Å².